The summed E-state index contributed by atoms with van der Waals surface area (Å²) in [6.07, 6.45) is -0.865. The van der Waals surface area contributed by atoms with Gasteiger partial charge in [0.15, 0.2) is 6.29 Å². The van der Waals surface area contributed by atoms with Gasteiger partial charge in [-0.05, 0) is 43.3 Å². The smallest absolute Gasteiger partial charge is 0.194 e. The number of anilines is 4. The Morgan fingerprint density at radius 3 is 1.83 bits per heavy atom. The monoisotopic (exact) mass is 336 g/mol. The highest BCUT2D eigenvalue weighted by Crippen LogP contribution is 2.24. The van der Waals surface area contributed by atoms with E-state index in [4.69, 9.17) is 42.6 Å². The summed E-state index contributed by atoms with van der Waals surface area (Å²) < 4.78 is 10.1. The van der Waals surface area contributed by atoms with Crippen molar-refractivity contribution in [3.05, 3.63) is 36.4 Å². The van der Waals surface area contributed by atoms with Gasteiger partial charge < -0.3 is 42.6 Å². The van der Waals surface area contributed by atoms with Crippen molar-refractivity contribution in [2.45, 2.75) is 13.2 Å². The summed E-state index contributed by atoms with van der Waals surface area (Å²) in [5.41, 5.74) is 24.2. The standard InChI is InChI=1S/2C8H12N2O2/c1-5(11)12-8-3-2-6(9)4-7(8)10;9-6-1-2-8(7(10)5-6)12-4-3-11/h2-5,11H,9-10H2,1H3;1-2,5,11H,3-4,9-10H2. The first-order chi connectivity index (χ1) is 11.3. The lowest BCUT2D eigenvalue weighted by Gasteiger charge is -2.10. The minimum atomic E-state index is -0.865. The fourth-order valence-electron chi connectivity index (χ4n) is 1.71. The molecule has 10 N–H and O–H groups in total. The fraction of sp³-hybridized carbons (Fsp3) is 0.250. The summed E-state index contributed by atoms with van der Waals surface area (Å²) in [7, 11) is 0. The Bertz CT molecular complexity index is 650. The minimum absolute atomic E-state index is 0.0240. The van der Waals surface area contributed by atoms with E-state index >= 15 is 0 Å². The van der Waals surface area contributed by atoms with Crippen LogP contribution in [-0.4, -0.2) is 29.7 Å². The summed E-state index contributed by atoms with van der Waals surface area (Å²) in [6, 6.07) is 9.86. The van der Waals surface area contributed by atoms with Crippen molar-refractivity contribution in [2.75, 3.05) is 36.1 Å². The summed E-state index contributed by atoms with van der Waals surface area (Å²) in [5.74, 6) is 0.998. The molecule has 0 spiro atoms. The van der Waals surface area contributed by atoms with Crippen LogP contribution in [0, 0.1) is 0 Å². The molecule has 2 aromatic carbocycles. The third kappa shape index (κ3) is 6.51. The molecule has 8 nitrogen and oxygen atoms in total. The van der Waals surface area contributed by atoms with Gasteiger partial charge in [-0.25, -0.2) is 0 Å². The van der Waals surface area contributed by atoms with Crippen LogP contribution in [0.25, 0.3) is 0 Å². The van der Waals surface area contributed by atoms with Gasteiger partial charge in [0.05, 0.1) is 18.0 Å². The van der Waals surface area contributed by atoms with Crippen molar-refractivity contribution in [1.82, 2.24) is 0 Å². The second kappa shape index (κ2) is 9.33. The van der Waals surface area contributed by atoms with Crippen LogP contribution in [0.15, 0.2) is 36.4 Å². The van der Waals surface area contributed by atoms with Crippen LogP contribution < -0.4 is 32.4 Å². The Morgan fingerprint density at radius 1 is 0.917 bits per heavy atom. The topological polar surface area (TPSA) is 163 Å². The highest BCUT2D eigenvalue weighted by atomic mass is 16.6. The van der Waals surface area contributed by atoms with Gasteiger partial charge in [-0.1, -0.05) is 0 Å². The normalized spacial score (nSPS) is 11.1. The predicted molar refractivity (Wildman–Crippen MR) is 95.4 cm³/mol. The van der Waals surface area contributed by atoms with Crippen molar-refractivity contribution in [3.8, 4) is 11.5 Å². The molecule has 2 aromatic rings. The molecule has 1 unspecified atom stereocenters. The van der Waals surface area contributed by atoms with Gasteiger partial charge in [-0.2, -0.15) is 0 Å². The van der Waals surface area contributed by atoms with Crippen LogP contribution in [0.3, 0.4) is 0 Å². The van der Waals surface area contributed by atoms with Gasteiger partial charge in [0, 0.05) is 11.4 Å². The number of aliphatic hydroxyl groups excluding tert-OH is 2. The molecule has 0 aliphatic heterocycles. The molecule has 0 heterocycles. The van der Waals surface area contributed by atoms with Gasteiger partial charge in [-0.3, -0.25) is 0 Å². The molecule has 0 radical (unpaired) electrons. The summed E-state index contributed by atoms with van der Waals surface area (Å²) >= 11 is 0. The van der Waals surface area contributed by atoms with Crippen LogP contribution in [0.4, 0.5) is 22.7 Å². The van der Waals surface area contributed by atoms with Crippen molar-refractivity contribution in [3.63, 3.8) is 0 Å². The SMILES string of the molecule is CC(O)Oc1ccc(N)cc1N.Nc1ccc(OCCO)c(N)c1. The lowest BCUT2D eigenvalue weighted by molar-refractivity contribution is 0.000281. The third-order valence-corrected chi connectivity index (χ3v) is 2.71. The van der Waals surface area contributed by atoms with Crippen LogP contribution >= 0.6 is 0 Å². The molecular weight excluding hydrogens is 312 g/mol. The number of nitrogens with two attached hydrogens (primary N) is 4. The van der Waals surface area contributed by atoms with Gasteiger partial charge >= 0.3 is 0 Å². The van der Waals surface area contributed by atoms with Crippen molar-refractivity contribution in [2.24, 2.45) is 0 Å². The first kappa shape index (κ1) is 19.2. The number of nitrogen functional groups attached to an aromatic ring is 4. The average molecular weight is 336 g/mol. The molecule has 0 aliphatic rings. The van der Waals surface area contributed by atoms with E-state index in [-0.39, 0.29) is 13.2 Å². The maximum atomic E-state index is 8.89. The largest absolute Gasteiger partial charge is 0.489 e. The third-order valence-electron chi connectivity index (χ3n) is 2.71. The van der Waals surface area contributed by atoms with Crippen molar-refractivity contribution < 1.29 is 19.7 Å². The Kier molecular flexibility index (Phi) is 7.47. The average Bonchev–Trinajstić information content (AvgIpc) is 2.50. The predicted octanol–water partition coefficient (Wildman–Crippen LogP) is 0.790. The van der Waals surface area contributed by atoms with E-state index in [0.717, 1.165) is 0 Å². The quantitative estimate of drug-likeness (QED) is 0.345. The van der Waals surface area contributed by atoms with E-state index in [1.807, 2.05) is 0 Å². The van der Waals surface area contributed by atoms with Crippen molar-refractivity contribution in [1.29, 1.82) is 0 Å². The van der Waals surface area contributed by atoms with Gasteiger partial charge in [0.25, 0.3) is 0 Å². The first-order valence-electron chi connectivity index (χ1n) is 7.22. The zero-order chi connectivity index (χ0) is 18.1. The number of hydrogen-bond acceptors (Lipinski definition) is 8. The van der Waals surface area contributed by atoms with Crippen LogP contribution in [0.5, 0.6) is 11.5 Å². The Morgan fingerprint density at radius 2 is 1.42 bits per heavy atom. The van der Waals surface area contributed by atoms with E-state index in [9.17, 15) is 0 Å². The molecular formula is C16H24N4O4. The number of ether oxygens (including phenoxy) is 2. The molecule has 0 saturated heterocycles. The molecule has 0 saturated carbocycles. The maximum absolute atomic E-state index is 8.89. The minimum Gasteiger partial charge on any atom is -0.489 e. The molecule has 24 heavy (non-hydrogen) atoms. The summed E-state index contributed by atoms with van der Waals surface area (Å²) in [5, 5.41) is 17.4. The lowest BCUT2D eigenvalue weighted by Crippen LogP contribution is -2.10. The Labute approximate surface area is 140 Å². The van der Waals surface area contributed by atoms with Crippen LogP contribution in [-0.2, 0) is 0 Å². The molecule has 0 bridgehead atoms. The Balaban J connectivity index is 0.000000240. The van der Waals surface area contributed by atoms with Crippen molar-refractivity contribution >= 4 is 22.7 Å². The van der Waals surface area contributed by atoms with E-state index in [0.29, 0.717) is 34.2 Å². The number of hydrogen-bond donors (Lipinski definition) is 6. The van der Waals surface area contributed by atoms with E-state index in [1.54, 1.807) is 36.4 Å². The molecule has 0 aliphatic carbocycles. The first-order valence-corrected chi connectivity index (χ1v) is 7.22. The highest BCUT2D eigenvalue weighted by Gasteiger charge is 2.02. The van der Waals surface area contributed by atoms with E-state index < -0.39 is 6.29 Å². The summed E-state index contributed by atoms with van der Waals surface area (Å²) in [6.45, 7) is 1.73. The van der Waals surface area contributed by atoms with Gasteiger partial charge in [0.2, 0.25) is 0 Å². The van der Waals surface area contributed by atoms with E-state index in [1.165, 1.54) is 6.92 Å². The summed E-state index contributed by atoms with van der Waals surface area (Å²) in [4.78, 5) is 0. The molecule has 2 rings (SSSR count). The fourth-order valence-corrected chi connectivity index (χ4v) is 1.71. The number of benzene rings is 2. The number of aliphatic hydroxyl groups is 2. The highest BCUT2D eigenvalue weighted by molar-refractivity contribution is 5.61. The van der Waals surface area contributed by atoms with Gasteiger partial charge in [-0.15, -0.1) is 0 Å². The molecule has 1 atom stereocenters. The second-order valence-corrected chi connectivity index (χ2v) is 4.88. The zero-order valence-corrected chi connectivity index (χ0v) is 13.5. The number of rotatable bonds is 5. The molecule has 0 fully saturated rings. The molecule has 132 valence electrons. The van der Waals surface area contributed by atoms with Crippen LogP contribution in [0.1, 0.15) is 6.92 Å². The molecule has 0 aromatic heterocycles. The molecule has 0 amide bonds. The van der Waals surface area contributed by atoms with Crippen LogP contribution in [0.2, 0.25) is 0 Å². The van der Waals surface area contributed by atoms with E-state index in [2.05, 4.69) is 0 Å². The second-order valence-electron chi connectivity index (χ2n) is 4.88. The Hall–Kier alpha value is -2.84. The lowest BCUT2D eigenvalue weighted by atomic mass is 10.2. The molecule has 8 heteroatoms. The maximum Gasteiger partial charge on any atom is 0.194 e. The zero-order valence-electron chi connectivity index (χ0n) is 13.5. The van der Waals surface area contributed by atoms with Gasteiger partial charge in [0.1, 0.15) is 18.1 Å².